The van der Waals surface area contributed by atoms with E-state index in [1.165, 1.54) is 0 Å². The zero-order valence-corrected chi connectivity index (χ0v) is 10.4. The summed E-state index contributed by atoms with van der Waals surface area (Å²) in [6.07, 6.45) is 1.05. The van der Waals surface area contributed by atoms with Crippen LogP contribution < -0.4 is 0 Å². The normalized spacial score (nSPS) is 12.3. The molecule has 0 aromatic heterocycles. The van der Waals surface area contributed by atoms with Gasteiger partial charge in [-0.05, 0) is 31.2 Å². The molecule has 0 amide bonds. The van der Waals surface area contributed by atoms with E-state index in [0.29, 0.717) is 10.7 Å². The molecular formula is C12H12ClNO4. The third-order valence-corrected chi connectivity index (χ3v) is 2.26. The number of ether oxygens (including phenoxy) is 1. The number of carbonyl (C=O) groups excluding carboxylic acids is 1. The molecule has 1 rings (SSSR count). The van der Waals surface area contributed by atoms with Crippen molar-refractivity contribution in [1.29, 1.82) is 0 Å². The summed E-state index contributed by atoms with van der Waals surface area (Å²) in [4.78, 5) is 26.1. The first-order chi connectivity index (χ1) is 8.54. The van der Waals surface area contributed by atoms with E-state index in [-0.39, 0.29) is 6.61 Å². The highest BCUT2D eigenvalue weighted by Gasteiger charge is 2.25. The van der Waals surface area contributed by atoms with Crippen molar-refractivity contribution in [2.24, 2.45) is 10.9 Å². The van der Waals surface area contributed by atoms with Crippen LogP contribution in [0.3, 0.4) is 0 Å². The zero-order chi connectivity index (χ0) is 13.5. The summed E-state index contributed by atoms with van der Waals surface area (Å²) in [7, 11) is 0. The second-order valence-corrected chi connectivity index (χ2v) is 3.76. The van der Waals surface area contributed by atoms with Crippen LogP contribution in [0.5, 0.6) is 0 Å². The standard InChI is InChI=1S/C12H12ClNO4/c1-2-18-12(17)10(11(15)16)7-14-9-5-3-8(13)4-6-9/h3-7,10H,2H2,1H3,(H,15,16). The third-order valence-electron chi connectivity index (χ3n) is 2.01. The SMILES string of the molecule is CCOC(=O)C(C=Nc1ccc(Cl)cc1)C(=O)O. The maximum absolute atomic E-state index is 11.3. The predicted molar refractivity (Wildman–Crippen MR) is 67.4 cm³/mol. The van der Waals surface area contributed by atoms with Crippen LogP contribution in [-0.2, 0) is 14.3 Å². The third kappa shape index (κ3) is 4.18. The van der Waals surface area contributed by atoms with Gasteiger partial charge < -0.3 is 9.84 Å². The van der Waals surface area contributed by atoms with Crippen LogP contribution >= 0.6 is 11.6 Å². The molecule has 96 valence electrons. The van der Waals surface area contributed by atoms with E-state index >= 15 is 0 Å². The van der Waals surface area contributed by atoms with E-state index in [4.69, 9.17) is 16.7 Å². The maximum Gasteiger partial charge on any atom is 0.325 e. The quantitative estimate of drug-likeness (QED) is 0.505. The van der Waals surface area contributed by atoms with Gasteiger partial charge in [0.15, 0.2) is 5.92 Å². The minimum absolute atomic E-state index is 0.122. The van der Waals surface area contributed by atoms with Crippen LogP contribution in [0.4, 0.5) is 5.69 Å². The van der Waals surface area contributed by atoms with Gasteiger partial charge in [-0.25, -0.2) is 0 Å². The number of halogens is 1. The lowest BCUT2D eigenvalue weighted by Gasteiger charge is -2.05. The molecule has 5 nitrogen and oxygen atoms in total. The number of rotatable bonds is 5. The smallest absolute Gasteiger partial charge is 0.325 e. The summed E-state index contributed by atoms with van der Waals surface area (Å²) < 4.78 is 4.64. The lowest BCUT2D eigenvalue weighted by atomic mass is 10.2. The molecule has 1 N–H and O–H groups in total. The highest BCUT2D eigenvalue weighted by Crippen LogP contribution is 2.16. The number of carbonyl (C=O) groups is 2. The second kappa shape index (κ2) is 6.76. The van der Waals surface area contributed by atoms with Gasteiger partial charge >= 0.3 is 11.9 Å². The minimum Gasteiger partial charge on any atom is -0.480 e. The van der Waals surface area contributed by atoms with Crippen molar-refractivity contribution >= 4 is 35.4 Å². The van der Waals surface area contributed by atoms with Crippen molar-refractivity contribution in [3.05, 3.63) is 29.3 Å². The molecule has 0 aliphatic carbocycles. The molecule has 1 aromatic rings. The second-order valence-electron chi connectivity index (χ2n) is 3.32. The molecule has 0 bridgehead atoms. The number of hydrogen-bond acceptors (Lipinski definition) is 4. The number of carboxylic acid groups (broad SMARTS) is 1. The fraction of sp³-hybridized carbons (Fsp3) is 0.250. The fourth-order valence-electron chi connectivity index (χ4n) is 1.15. The van der Waals surface area contributed by atoms with E-state index in [9.17, 15) is 9.59 Å². The van der Waals surface area contributed by atoms with Crippen molar-refractivity contribution in [3.63, 3.8) is 0 Å². The summed E-state index contributed by atoms with van der Waals surface area (Å²) in [5.41, 5.74) is 0.509. The average Bonchev–Trinajstić information content (AvgIpc) is 2.31. The number of benzene rings is 1. The molecule has 1 aromatic carbocycles. The van der Waals surface area contributed by atoms with Crippen molar-refractivity contribution in [1.82, 2.24) is 0 Å². The van der Waals surface area contributed by atoms with Crippen molar-refractivity contribution in [2.75, 3.05) is 6.61 Å². The Hall–Kier alpha value is -1.88. The van der Waals surface area contributed by atoms with Gasteiger partial charge in [0.05, 0.1) is 12.3 Å². The van der Waals surface area contributed by atoms with E-state index in [1.807, 2.05) is 0 Å². The molecule has 0 aliphatic rings. The van der Waals surface area contributed by atoms with E-state index in [2.05, 4.69) is 9.73 Å². The monoisotopic (exact) mass is 269 g/mol. The van der Waals surface area contributed by atoms with Crippen LogP contribution in [0.1, 0.15) is 6.92 Å². The van der Waals surface area contributed by atoms with Crippen molar-refractivity contribution < 1.29 is 19.4 Å². The number of aliphatic imine (C=N–C) groups is 1. The Labute approximate surface area is 109 Å². The Morgan fingerprint density at radius 1 is 1.44 bits per heavy atom. The van der Waals surface area contributed by atoms with Gasteiger partial charge in [-0.2, -0.15) is 0 Å². The first-order valence-electron chi connectivity index (χ1n) is 5.23. The average molecular weight is 270 g/mol. The van der Waals surface area contributed by atoms with E-state index in [1.54, 1.807) is 31.2 Å². The molecule has 0 heterocycles. The molecule has 18 heavy (non-hydrogen) atoms. The van der Waals surface area contributed by atoms with Gasteiger partial charge in [-0.15, -0.1) is 0 Å². The van der Waals surface area contributed by atoms with Gasteiger partial charge in [0.1, 0.15) is 0 Å². The molecule has 1 unspecified atom stereocenters. The lowest BCUT2D eigenvalue weighted by Crippen LogP contribution is -2.27. The topological polar surface area (TPSA) is 76.0 Å². The predicted octanol–water partition coefficient (Wildman–Crippen LogP) is 2.31. The van der Waals surface area contributed by atoms with Gasteiger partial charge in [-0.3, -0.25) is 14.6 Å². The molecule has 0 saturated carbocycles. The van der Waals surface area contributed by atoms with Gasteiger partial charge in [0.2, 0.25) is 0 Å². The molecular weight excluding hydrogens is 258 g/mol. The minimum atomic E-state index is -1.40. The molecule has 0 spiro atoms. The largest absolute Gasteiger partial charge is 0.480 e. The molecule has 0 aliphatic heterocycles. The van der Waals surface area contributed by atoms with E-state index < -0.39 is 17.9 Å². The number of nitrogens with zero attached hydrogens (tertiary/aromatic N) is 1. The number of hydrogen-bond donors (Lipinski definition) is 1. The Kier molecular flexibility index (Phi) is 5.32. The van der Waals surface area contributed by atoms with Gasteiger partial charge in [-0.1, -0.05) is 11.6 Å². The molecule has 6 heteroatoms. The van der Waals surface area contributed by atoms with Crippen LogP contribution in [-0.4, -0.2) is 29.9 Å². The number of aliphatic carboxylic acids is 1. The highest BCUT2D eigenvalue weighted by atomic mass is 35.5. The number of esters is 1. The van der Waals surface area contributed by atoms with Crippen molar-refractivity contribution in [2.45, 2.75) is 6.92 Å². The summed E-state index contributed by atoms with van der Waals surface area (Å²) in [5.74, 6) is -3.53. The Morgan fingerprint density at radius 2 is 2.06 bits per heavy atom. The summed E-state index contributed by atoms with van der Waals surface area (Å²) in [5, 5.41) is 9.43. The Bertz CT molecular complexity index is 456. The van der Waals surface area contributed by atoms with Crippen LogP contribution in [0, 0.1) is 5.92 Å². The zero-order valence-electron chi connectivity index (χ0n) is 9.67. The van der Waals surface area contributed by atoms with E-state index in [0.717, 1.165) is 6.21 Å². The molecule has 0 saturated heterocycles. The van der Waals surface area contributed by atoms with Gasteiger partial charge in [0.25, 0.3) is 0 Å². The summed E-state index contributed by atoms with van der Waals surface area (Å²) in [6, 6.07) is 6.47. The molecule has 0 radical (unpaired) electrons. The van der Waals surface area contributed by atoms with Gasteiger partial charge in [0, 0.05) is 11.2 Å². The van der Waals surface area contributed by atoms with Crippen LogP contribution in [0.15, 0.2) is 29.3 Å². The van der Waals surface area contributed by atoms with Crippen molar-refractivity contribution in [3.8, 4) is 0 Å². The lowest BCUT2D eigenvalue weighted by molar-refractivity contribution is -0.154. The first-order valence-corrected chi connectivity index (χ1v) is 5.61. The number of carboxylic acids is 1. The summed E-state index contributed by atoms with van der Waals surface area (Å²) >= 11 is 5.70. The molecule has 1 atom stereocenters. The Morgan fingerprint density at radius 3 is 2.56 bits per heavy atom. The fourth-order valence-corrected chi connectivity index (χ4v) is 1.27. The summed E-state index contributed by atoms with van der Waals surface area (Å²) in [6.45, 7) is 1.73. The molecule has 0 fully saturated rings. The maximum atomic E-state index is 11.3. The highest BCUT2D eigenvalue weighted by molar-refractivity contribution is 6.30. The first kappa shape index (κ1) is 14.2. The van der Waals surface area contributed by atoms with Crippen LogP contribution in [0.25, 0.3) is 0 Å². The Balaban J connectivity index is 2.80. The van der Waals surface area contributed by atoms with Crippen LogP contribution in [0.2, 0.25) is 5.02 Å².